The van der Waals surface area contributed by atoms with Gasteiger partial charge in [0.2, 0.25) is 5.89 Å². The van der Waals surface area contributed by atoms with E-state index in [1.165, 1.54) is 7.11 Å². The molecule has 0 N–H and O–H groups in total. The van der Waals surface area contributed by atoms with Gasteiger partial charge in [-0.2, -0.15) is 4.98 Å². The largest absolute Gasteiger partial charge is 0.469 e. The lowest BCUT2D eigenvalue weighted by Gasteiger charge is -1.98. The normalized spacial score (nSPS) is 10.4. The van der Waals surface area contributed by atoms with E-state index in [-0.39, 0.29) is 12.3 Å². The number of aromatic nitrogens is 2. The van der Waals surface area contributed by atoms with Gasteiger partial charge in [-0.25, -0.2) is 0 Å². The van der Waals surface area contributed by atoms with Crippen LogP contribution in [0.15, 0.2) is 33.7 Å². The van der Waals surface area contributed by atoms with Gasteiger partial charge >= 0.3 is 5.97 Å². The molecule has 19 heavy (non-hydrogen) atoms. The molecule has 0 saturated carbocycles. The third-order valence-corrected chi connectivity index (χ3v) is 3.42. The van der Waals surface area contributed by atoms with Crippen molar-refractivity contribution in [1.29, 1.82) is 0 Å². The lowest BCUT2D eigenvalue weighted by molar-refractivity contribution is -0.140. The second-order valence-electron chi connectivity index (χ2n) is 3.60. The van der Waals surface area contributed by atoms with Crippen molar-refractivity contribution >= 4 is 29.3 Å². The lowest BCUT2D eigenvalue weighted by atomic mass is 10.4. The molecule has 1 aromatic carbocycles. The Kier molecular flexibility index (Phi) is 4.81. The Balaban J connectivity index is 1.91. The molecule has 0 atom stereocenters. The number of thioether (sulfide) groups is 1. The standard InChI is InChI=1S/C12H11ClN2O3S/c1-17-12(16)6-11-14-10(15-18-11)7-19-9-4-2-3-8(13)5-9/h2-5H,6-7H2,1H3. The van der Waals surface area contributed by atoms with E-state index in [1.807, 2.05) is 24.3 Å². The highest BCUT2D eigenvalue weighted by Gasteiger charge is 2.11. The number of esters is 1. The molecule has 0 fully saturated rings. The molecule has 1 aromatic heterocycles. The number of carbonyl (C=O) groups excluding carboxylic acids is 1. The number of halogens is 1. The summed E-state index contributed by atoms with van der Waals surface area (Å²) < 4.78 is 9.47. The summed E-state index contributed by atoms with van der Waals surface area (Å²) in [5.74, 6) is 0.931. The highest BCUT2D eigenvalue weighted by atomic mass is 35.5. The number of hydrogen-bond donors (Lipinski definition) is 0. The van der Waals surface area contributed by atoms with Crippen LogP contribution in [0.2, 0.25) is 5.02 Å². The van der Waals surface area contributed by atoms with Crippen LogP contribution in [0, 0.1) is 0 Å². The van der Waals surface area contributed by atoms with Crippen molar-refractivity contribution in [3.63, 3.8) is 0 Å². The SMILES string of the molecule is COC(=O)Cc1nc(CSc2cccc(Cl)c2)no1. The van der Waals surface area contributed by atoms with Gasteiger partial charge in [-0.1, -0.05) is 22.8 Å². The smallest absolute Gasteiger partial charge is 0.315 e. The molecule has 0 aliphatic rings. The summed E-state index contributed by atoms with van der Waals surface area (Å²) in [6.07, 6.45) is -0.00860. The van der Waals surface area contributed by atoms with Gasteiger partial charge in [-0.15, -0.1) is 11.8 Å². The van der Waals surface area contributed by atoms with Gasteiger partial charge in [0.25, 0.3) is 0 Å². The second kappa shape index (κ2) is 6.58. The van der Waals surface area contributed by atoms with Crippen molar-refractivity contribution in [1.82, 2.24) is 10.1 Å². The number of hydrogen-bond acceptors (Lipinski definition) is 6. The third-order valence-electron chi connectivity index (χ3n) is 2.20. The molecule has 5 nitrogen and oxygen atoms in total. The van der Waals surface area contributed by atoms with Crippen molar-refractivity contribution in [2.45, 2.75) is 17.1 Å². The zero-order valence-corrected chi connectivity index (χ0v) is 11.7. The molecule has 100 valence electrons. The van der Waals surface area contributed by atoms with Gasteiger partial charge in [0.1, 0.15) is 6.42 Å². The molecule has 0 unspecified atom stereocenters. The molecule has 0 aliphatic carbocycles. The van der Waals surface area contributed by atoms with Gasteiger partial charge in [0.05, 0.1) is 12.9 Å². The quantitative estimate of drug-likeness (QED) is 0.624. The topological polar surface area (TPSA) is 65.2 Å². The Morgan fingerprint density at radius 1 is 1.53 bits per heavy atom. The van der Waals surface area contributed by atoms with Crippen LogP contribution in [0.3, 0.4) is 0 Å². The Morgan fingerprint density at radius 3 is 3.11 bits per heavy atom. The van der Waals surface area contributed by atoms with Crippen LogP contribution in [-0.4, -0.2) is 23.2 Å². The molecule has 0 aliphatic heterocycles. The first-order valence-electron chi connectivity index (χ1n) is 5.44. The van der Waals surface area contributed by atoms with Crippen molar-refractivity contribution in [3.05, 3.63) is 41.0 Å². The fourth-order valence-corrected chi connectivity index (χ4v) is 2.37. The average molecular weight is 299 g/mol. The van der Waals surface area contributed by atoms with Crippen LogP contribution in [0.1, 0.15) is 11.7 Å². The van der Waals surface area contributed by atoms with E-state index in [9.17, 15) is 4.79 Å². The number of rotatable bonds is 5. The number of carbonyl (C=O) groups is 1. The molecular weight excluding hydrogens is 288 g/mol. The molecule has 0 amide bonds. The van der Waals surface area contributed by atoms with Crippen molar-refractivity contribution in [2.24, 2.45) is 0 Å². The third kappa shape index (κ3) is 4.25. The first-order valence-corrected chi connectivity index (χ1v) is 6.80. The van der Waals surface area contributed by atoms with Crippen molar-refractivity contribution in [2.75, 3.05) is 7.11 Å². The van der Waals surface area contributed by atoms with Gasteiger partial charge in [0.15, 0.2) is 5.82 Å². The molecule has 1 heterocycles. The summed E-state index contributed by atoms with van der Waals surface area (Å²) in [6, 6.07) is 7.51. The van der Waals surface area contributed by atoms with E-state index < -0.39 is 5.97 Å². The minimum atomic E-state index is -0.405. The maximum absolute atomic E-state index is 11.0. The zero-order chi connectivity index (χ0) is 13.7. The molecule has 7 heteroatoms. The Bertz CT molecular complexity index is 574. The van der Waals surface area contributed by atoms with E-state index in [0.29, 0.717) is 16.6 Å². The zero-order valence-electron chi connectivity index (χ0n) is 10.1. The van der Waals surface area contributed by atoms with E-state index in [1.54, 1.807) is 11.8 Å². The van der Waals surface area contributed by atoms with E-state index in [2.05, 4.69) is 14.9 Å². The highest BCUT2D eigenvalue weighted by molar-refractivity contribution is 7.98. The molecule has 0 spiro atoms. The van der Waals surface area contributed by atoms with Crippen LogP contribution < -0.4 is 0 Å². The van der Waals surface area contributed by atoms with E-state index in [4.69, 9.17) is 16.1 Å². The van der Waals surface area contributed by atoms with Crippen molar-refractivity contribution in [3.8, 4) is 0 Å². The molecule has 0 bridgehead atoms. The first kappa shape index (κ1) is 13.9. The number of nitrogens with zero attached hydrogens (tertiary/aromatic N) is 2. The van der Waals surface area contributed by atoms with Crippen LogP contribution in [-0.2, 0) is 21.7 Å². The predicted octanol–water partition coefficient (Wildman–Crippen LogP) is 2.73. The van der Waals surface area contributed by atoms with Crippen LogP contribution in [0.4, 0.5) is 0 Å². The number of ether oxygens (including phenoxy) is 1. The Labute approximate surface area is 119 Å². The molecular formula is C12H11ClN2O3S. The van der Waals surface area contributed by atoms with E-state index in [0.717, 1.165) is 4.90 Å². The summed E-state index contributed by atoms with van der Waals surface area (Å²) in [7, 11) is 1.31. The maximum atomic E-state index is 11.0. The fraction of sp³-hybridized carbons (Fsp3) is 0.250. The molecule has 0 radical (unpaired) electrons. The lowest BCUT2D eigenvalue weighted by Crippen LogP contribution is -2.04. The minimum absolute atomic E-state index is 0.00860. The number of benzene rings is 1. The summed E-state index contributed by atoms with van der Waals surface area (Å²) >= 11 is 7.43. The number of methoxy groups -OCH3 is 1. The van der Waals surface area contributed by atoms with Gasteiger partial charge in [-0.05, 0) is 18.2 Å². The van der Waals surface area contributed by atoms with Crippen molar-refractivity contribution < 1.29 is 14.1 Å². The van der Waals surface area contributed by atoms with Gasteiger partial charge in [-0.3, -0.25) is 4.79 Å². The summed E-state index contributed by atoms with van der Waals surface area (Å²) in [4.78, 5) is 16.2. The summed E-state index contributed by atoms with van der Waals surface area (Å²) in [5, 5.41) is 4.48. The van der Waals surface area contributed by atoms with Crippen LogP contribution in [0.5, 0.6) is 0 Å². The van der Waals surface area contributed by atoms with Gasteiger partial charge in [0, 0.05) is 9.92 Å². The summed E-state index contributed by atoms with van der Waals surface area (Å²) in [5.41, 5.74) is 0. The predicted molar refractivity (Wildman–Crippen MR) is 71.0 cm³/mol. The van der Waals surface area contributed by atoms with Crippen LogP contribution in [0.25, 0.3) is 0 Å². The van der Waals surface area contributed by atoms with Gasteiger partial charge < -0.3 is 9.26 Å². The minimum Gasteiger partial charge on any atom is -0.469 e. The van der Waals surface area contributed by atoms with E-state index >= 15 is 0 Å². The van der Waals surface area contributed by atoms with Crippen LogP contribution >= 0.6 is 23.4 Å². The molecule has 2 aromatic rings. The fourth-order valence-electron chi connectivity index (χ4n) is 1.32. The Hall–Kier alpha value is -1.53. The Morgan fingerprint density at radius 2 is 2.37 bits per heavy atom. The molecule has 0 saturated heterocycles. The molecule has 2 rings (SSSR count). The average Bonchev–Trinajstić information content (AvgIpc) is 2.84. The first-order chi connectivity index (χ1) is 9.17. The monoisotopic (exact) mass is 298 g/mol. The second-order valence-corrected chi connectivity index (χ2v) is 5.09. The highest BCUT2D eigenvalue weighted by Crippen LogP contribution is 2.24. The summed E-state index contributed by atoms with van der Waals surface area (Å²) in [6.45, 7) is 0. The maximum Gasteiger partial charge on any atom is 0.315 e.